The summed E-state index contributed by atoms with van der Waals surface area (Å²) < 4.78 is 0. The normalized spacial score (nSPS) is 14.7. The number of hydrogen-bond acceptors (Lipinski definition) is 4. The molecule has 4 heteroatoms. The van der Waals surface area contributed by atoms with Gasteiger partial charge in [0.2, 0.25) is 0 Å². The summed E-state index contributed by atoms with van der Waals surface area (Å²) in [5.74, 6) is 0. The third-order valence-electron chi connectivity index (χ3n) is 3.17. The fourth-order valence-electron chi connectivity index (χ4n) is 2.03. The molecule has 1 aliphatic rings. The molecule has 0 amide bonds. The number of thiazole rings is 1. The van der Waals surface area contributed by atoms with Crippen LogP contribution in [0.15, 0.2) is 29.6 Å². The maximum absolute atomic E-state index is 5.72. The number of benzene rings is 1. The fourth-order valence-corrected chi connectivity index (χ4v) is 2.91. The standard InChI is InChI=1S/C14H17N3S/c1-10-9-18-14(16-10)17(13-6-7-13)8-11-2-4-12(15)5-3-11/h2-5,9,13H,6-8,15H2,1H3. The van der Waals surface area contributed by atoms with Crippen molar-refractivity contribution in [2.24, 2.45) is 0 Å². The fraction of sp³-hybridized carbons (Fsp3) is 0.357. The van der Waals surface area contributed by atoms with Crippen LogP contribution in [-0.2, 0) is 6.54 Å². The van der Waals surface area contributed by atoms with Crippen molar-refractivity contribution in [3.05, 3.63) is 40.9 Å². The number of rotatable bonds is 4. The molecule has 0 atom stereocenters. The number of nitrogens with zero attached hydrogens (tertiary/aromatic N) is 2. The van der Waals surface area contributed by atoms with Crippen LogP contribution in [0.3, 0.4) is 0 Å². The van der Waals surface area contributed by atoms with Crippen molar-refractivity contribution in [3.63, 3.8) is 0 Å². The van der Waals surface area contributed by atoms with Crippen LogP contribution in [0.5, 0.6) is 0 Å². The number of aryl methyl sites for hydroxylation is 1. The molecule has 0 unspecified atom stereocenters. The van der Waals surface area contributed by atoms with Crippen LogP contribution in [0.25, 0.3) is 0 Å². The molecule has 18 heavy (non-hydrogen) atoms. The summed E-state index contributed by atoms with van der Waals surface area (Å²) in [6.45, 7) is 2.98. The second-order valence-corrected chi connectivity index (χ2v) is 5.71. The molecule has 1 saturated carbocycles. The predicted octanol–water partition coefficient (Wildman–Crippen LogP) is 3.20. The number of nitrogens with two attached hydrogens (primary N) is 1. The first-order chi connectivity index (χ1) is 8.72. The van der Waals surface area contributed by atoms with Gasteiger partial charge in [-0.15, -0.1) is 11.3 Å². The van der Waals surface area contributed by atoms with E-state index in [1.54, 1.807) is 11.3 Å². The number of anilines is 2. The lowest BCUT2D eigenvalue weighted by Gasteiger charge is -2.21. The van der Waals surface area contributed by atoms with Crippen molar-refractivity contribution in [1.82, 2.24) is 4.98 Å². The molecule has 0 radical (unpaired) electrons. The van der Waals surface area contributed by atoms with Crippen LogP contribution < -0.4 is 10.6 Å². The molecule has 0 spiro atoms. The molecule has 1 fully saturated rings. The van der Waals surface area contributed by atoms with Crippen LogP contribution >= 0.6 is 11.3 Å². The highest BCUT2D eigenvalue weighted by molar-refractivity contribution is 7.13. The molecule has 0 saturated heterocycles. The van der Waals surface area contributed by atoms with Gasteiger partial charge in [0.05, 0.1) is 5.69 Å². The predicted molar refractivity (Wildman–Crippen MR) is 76.9 cm³/mol. The van der Waals surface area contributed by atoms with Crippen molar-refractivity contribution >= 4 is 22.2 Å². The van der Waals surface area contributed by atoms with Crippen LogP contribution in [0.4, 0.5) is 10.8 Å². The maximum Gasteiger partial charge on any atom is 0.186 e. The number of nitrogen functional groups attached to an aromatic ring is 1. The average Bonchev–Trinajstić information content (AvgIpc) is 3.11. The van der Waals surface area contributed by atoms with Gasteiger partial charge in [0.1, 0.15) is 0 Å². The molecule has 0 aliphatic heterocycles. The highest BCUT2D eigenvalue weighted by Crippen LogP contribution is 2.34. The van der Waals surface area contributed by atoms with Gasteiger partial charge in [-0.25, -0.2) is 4.98 Å². The number of aromatic nitrogens is 1. The van der Waals surface area contributed by atoms with Crippen LogP contribution in [0.2, 0.25) is 0 Å². The summed E-state index contributed by atoms with van der Waals surface area (Å²) >= 11 is 1.74. The largest absolute Gasteiger partial charge is 0.399 e. The monoisotopic (exact) mass is 259 g/mol. The Bertz CT molecular complexity index is 528. The first-order valence-electron chi connectivity index (χ1n) is 6.25. The molecule has 3 rings (SSSR count). The second kappa shape index (κ2) is 4.61. The highest BCUT2D eigenvalue weighted by Gasteiger charge is 2.30. The lowest BCUT2D eigenvalue weighted by Crippen LogP contribution is -2.24. The van der Waals surface area contributed by atoms with Crippen LogP contribution in [0, 0.1) is 6.92 Å². The summed E-state index contributed by atoms with van der Waals surface area (Å²) in [5, 5.41) is 3.26. The quantitative estimate of drug-likeness (QED) is 0.857. The van der Waals surface area contributed by atoms with Crippen molar-refractivity contribution < 1.29 is 0 Å². The molecule has 1 aromatic carbocycles. The number of hydrogen-bond donors (Lipinski definition) is 1. The molecule has 2 N–H and O–H groups in total. The lowest BCUT2D eigenvalue weighted by atomic mass is 10.2. The molecule has 1 aliphatic carbocycles. The summed E-state index contributed by atoms with van der Waals surface area (Å²) in [6, 6.07) is 8.81. The summed E-state index contributed by atoms with van der Waals surface area (Å²) in [5.41, 5.74) is 8.95. The molecular weight excluding hydrogens is 242 g/mol. The maximum atomic E-state index is 5.72. The van der Waals surface area contributed by atoms with Crippen molar-refractivity contribution in [2.45, 2.75) is 32.4 Å². The van der Waals surface area contributed by atoms with E-state index in [4.69, 9.17) is 5.73 Å². The van der Waals surface area contributed by atoms with E-state index in [9.17, 15) is 0 Å². The van der Waals surface area contributed by atoms with Crippen LogP contribution in [0.1, 0.15) is 24.1 Å². The first kappa shape index (κ1) is 11.5. The van der Waals surface area contributed by atoms with Gasteiger partial charge >= 0.3 is 0 Å². The Hall–Kier alpha value is -1.55. The Balaban J connectivity index is 1.80. The molecule has 1 aromatic heterocycles. The third kappa shape index (κ3) is 2.48. The lowest BCUT2D eigenvalue weighted by molar-refractivity contribution is 0.788. The average molecular weight is 259 g/mol. The van der Waals surface area contributed by atoms with Gasteiger partial charge < -0.3 is 10.6 Å². The van der Waals surface area contributed by atoms with Gasteiger partial charge in [0.15, 0.2) is 5.13 Å². The minimum atomic E-state index is 0.674. The van der Waals surface area contributed by atoms with Crippen molar-refractivity contribution in [3.8, 4) is 0 Å². The highest BCUT2D eigenvalue weighted by atomic mass is 32.1. The molecular formula is C14H17N3S. The van der Waals surface area contributed by atoms with Crippen molar-refractivity contribution in [2.75, 3.05) is 10.6 Å². The SMILES string of the molecule is Cc1csc(N(Cc2ccc(N)cc2)C2CC2)n1. The summed E-state index contributed by atoms with van der Waals surface area (Å²) in [4.78, 5) is 7.03. The van der Waals surface area contributed by atoms with E-state index in [1.165, 1.54) is 18.4 Å². The van der Waals surface area contributed by atoms with Gasteiger partial charge in [-0.2, -0.15) is 0 Å². The van der Waals surface area contributed by atoms with E-state index >= 15 is 0 Å². The van der Waals surface area contributed by atoms with E-state index < -0.39 is 0 Å². The van der Waals surface area contributed by atoms with Crippen molar-refractivity contribution in [1.29, 1.82) is 0 Å². The van der Waals surface area contributed by atoms with E-state index in [0.717, 1.165) is 23.1 Å². The zero-order valence-electron chi connectivity index (χ0n) is 10.5. The Morgan fingerprint density at radius 3 is 2.61 bits per heavy atom. The Kier molecular flexibility index (Phi) is 2.96. The third-order valence-corrected chi connectivity index (χ3v) is 4.17. The van der Waals surface area contributed by atoms with E-state index in [0.29, 0.717) is 6.04 Å². The van der Waals surface area contributed by atoms with E-state index in [-0.39, 0.29) is 0 Å². The second-order valence-electron chi connectivity index (χ2n) is 4.87. The zero-order chi connectivity index (χ0) is 12.5. The van der Waals surface area contributed by atoms with E-state index in [1.807, 2.05) is 19.1 Å². The van der Waals surface area contributed by atoms with E-state index in [2.05, 4.69) is 27.4 Å². The van der Waals surface area contributed by atoms with Gasteiger partial charge in [-0.05, 0) is 37.5 Å². The molecule has 2 aromatic rings. The minimum Gasteiger partial charge on any atom is -0.399 e. The Morgan fingerprint density at radius 2 is 2.06 bits per heavy atom. The van der Waals surface area contributed by atoms with Gasteiger partial charge in [0, 0.05) is 23.7 Å². The topological polar surface area (TPSA) is 42.1 Å². The summed E-state index contributed by atoms with van der Waals surface area (Å²) in [7, 11) is 0. The van der Waals surface area contributed by atoms with Gasteiger partial charge in [-0.3, -0.25) is 0 Å². The summed E-state index contributed by atoms with van der Waals surface area (Å²) in [6.07, 6.45) is 2.57. The first-order valence-corrected chi connectivity index (χ1v) is 7.13. The Labute approximate surface area is 111 Å². The molecule has 0 bridgehead atoms. The van der Waals surface area contributed by atoms with Gasteiger partial charge in [0.25, 0.3) is 0 Å². The molecule has 1 heterocycles. The smallest absolute Gasteiger partial charge is 0.186 e. The minimum absolute atomic E-state index is 0.674. The molecule has 94 valence electrons. The molecule has 3 nitrogen and oxygen atoms in total. The van der Waals surface area contributed by atoms with Gasteiger partial charge in [-0.1, -0.05) is 12.1 Å². The zero-order valence-corrected chi connectivity index (χ0v) is 11.3. The van der Waals surface area contributed by atoms with Crippen LogP contribution in [-0.4, -0.2) is 11.0 Å². The Morgan fingerprint density at radius 1 is 1.33 bits per heavy atom.